The summed E-state index contributed by atoms with van der Waals surface area (Å²) in [5.41, 5.74) is 0.0397. The zero-order valence-electron chi connectivity index (χ0n) is 17.5. The second-order valence-electron chi connectivity index (χ2n) is 10.4. The maximum atomic E-state index is 12.3. The van der Waals surface area contributed by atoms with Crippen LogP contribution in [0.2, 0.25) is 0 Å². The van der Waals surface area contributed by atoms with Gasteiger partial charge in [-0.2, -0.15) is 0 Å². The van der Waals surface area contributed by atoms with E-state index in [4.69, 9.17) is 4.74 Å². The van der Waals surface area contributed by atoms with Gasteiger partial charge in [-0.05, 0) is 77.0 Å². The highest BCUT2D eigenvalue weighted by molar-refractivity contribution is 5.68. The van der Waals surface area contributed by atoms with Crippen LogP contribution in [-0.2, 0) is 4.74 Å². The maximum absolute atomic E-state index is 12.3. The third-order valence-corrected chi connectivity index (χ3v) is 5.78. The maximum Gasteiger partial charge on any atom is 0.410 e. The van der Waals surface area contributed by atoms with Gasteiger partial charge in [-0.1, -0.05) is 20.8 Å². The van der Waals surface area contributed by atoms with E-state index in [0.717, 1.165) is 31.6 Å². The molecule has 0 spiro atoms. The summed E-state index contributed by atoms with van der Waals surface area (Å²) in [4.78, 5) is 14.1. The lowest BCUT2D eigenvalue weighted by atomic mass is 9.70. The molecule has 1 N–H and O–H groups in total. The molecular formula is C21H40N2O2. The van der Waals surface area contributed by atoms with Crippen LogP contribution in [0.5, 0.6) is 0 Å². The summed E-state index contributed by atoms with van der Waals surface area (Å²) >= 11 is 0. The van der Waals surface area contributed by atoms with Crippen molar-refractivity contribution in [3.05, 3.63) is 0 Å². The molecule has 0 heterocycles. The molecule has 2 unspecified atom stereocenters. The normalized spacial score (nSPS) is 32.9. The molecule has 0 radical (unpaired) electrons. The molecule has 0 aromatic carbocycles. The van der Waals surface area contributed by atoms with Gasteiger partial charge >= 0.3 is 6.09 Å². The summed E-state index contributed by atoms with van der Waals surface area (Å²) in [5.74, 6) is 0.816. The van der Waals surface area contributed by atoms with Gasteiger partial charge in [0, 0.05) is 25.2 Å². The average Bonchev–Trinajstić information content (AvgIpc) is 2.43. The summed E-state index contributed by atoms with van der Waals surface area (Å²) < 4.78 is 5.51. The number of carbonyl (C=O) groups is 1. The molecule has 1 amide bonds. The number of nitrogens with zero attached hydrogens (tertiary/aromatic N) is 1. The highest BCUT2D eigenvalue weighted by atomic mass is 16.6. The van der Waals surface area contributed by atoms with Gasteiger partial charge in [0.25, 0.3) is 0 Å². The van der Waals surface area contributed by atoms with Crippen LogP contribution in [0.3, 0.4) is 0 Å². The Morgan fingerprint density at radius 3 is 2.20 bits per heavy atom. The van der Waals surface area contributed by atoms with Crippen LogP contribution in [0, 0.1) is 11.3 Å². The lowest BCUT2D eigenvalue weighted by Gasteiger charge is -2.42. The Morgan fingerprint density at radius 1 is 1.08 bits per heavy atom. The van der Waals surface area contributed by atoms with Crippen molar-refractivity contribution in [3.63, 3.8) is 0 Å². The average molecular weight is 353 g/mol. The zero-order valence-corrected chi connectivity index (χ0v) is 17.5. The van der Waals surface area contributed by atoms with Crippen LogP contribution in [-0.4, -0.2) is 41.8 Å². The molecule has 2 saturated carbocycles. The lowest BCUT2D eigenvalue weighted by molar-refractivity contribution is 0.0174. The first-order chi connectivity index (χ1) is 11.5. The van der Waals surface area contributed by atoms with Gasteiger partial charge < -0.3 is 15.0 Å². The van der Waals surface area contributed by atoms with Crippen molar-refractivity contribution in [1.29, 1.82) is 0 Å². The van der Waals surface area contributed by atoms with Gasteiger partial charge in [0.15, 0.2) is 0 Å². The molecule has 4 heteroatoms. The topological polar surface area (TPSA) is 41.6 Å². The van der Waals surface area contributed by atoms with E-state index in [1.54, 1.807) is 0 Å². The molecule has 2 atom stereocenters. The molecule has 0 aromatic rings. The van der Waals surface area contributed by atoms with Crippen molar-refractivity contribution in [1.82, 2.24) is 10.2 Å². The number of hydrogen-bond acceptors (Lipinski definition) is 3. The lowest BCUT2D eigenvalue weighted by Crippen LogP contribution is -2.49. The third-order valence-electron chi connectivity index (χ3n) is 5.78. The Kier molecular flexibility index (Phi) is 6.45. The standard InChI is InChI=1S/C21H40N2O2/c1-15-12-17(14-21(5,6)13-15)22-16-8-10-18(11-9-16)23(7)19(24)25-20(2,3)4/h15-18,22H,8-14H2,1-7H3. The molecule has 0 aromatic heterocycles. The predicted molar refractivity (Wildman–Crippen MR) is 104 cm³/mol. The van der Waals surface area contributed by atoms with Crippen LogP contribution in [0.25, 0.3) is 0 Å². The molecule has 0 aliphatic heterocycles. The van der Waals surface area contributed by atoms with E-state index in [1.165, 1.54) is 19.3 Å². The van der Waals surface area contributed by atoms with E-state index in [-0.39, 0.29) is 6.09 Å². The largest absolute Gasteiger partial charge is 0.444 e. The second kappa shape index (κ2) is 7.85. The summed E-state index contributed by atoms with van der Waals surface area (Å²) in [6, 6.07) is 1.58. The fourth-order valence-corrected chi connectivity index (χ4v) is 4.92. The molecule has 0 bridgehead atoms. The number of hydrogen-bond donors (Lipinski definition) is 1. The van der Waals surface area contributed by atoms with Crippen LogP contribution in [0.1, 0.15) is 86.5 Å². The molecular weight excluding hydrogens is 312 g/mol. The number of carbonyl (C=O) groups excluding carboxylic acids is 1. The first kappa shape index (κ1) is 20.5. The summed E-state index contributed by atoms with van der Waals surface area (Å²) in [7, 11) is 1.89. The van der Waals surface area contributed by atoms with Gasteiger partial charge in [-0.15, -0.1) is 0 Å². The quantitative estimate of drug-likeness (QED) is 0.780. The number of ether oxygens (including phenoxy) is 1. The molecule has 2 fully saturated rings. The van der Waals surface area contributed by atoms with E-state index in [0.29, 0.717) is 23.5 Å². The first-order valence-electron chi connectivity index (χ1n) is 10.2. The van der Waals surface area contributed by atoms with Crippen LogP contribution < -0.4 is 5.32 Å². The molecule has 2 aliphatic rings. The van der Waals surface area contributed by atoms with E-state index in [9.17, 15) is 4.79 Å². The Morgan fingerprint density at radius 2 is 1.68 bits per heavy atom. The van der Waals surface area contributed by atoms with Crippen LogP contribution >= 0.6 is 0 Å². The SMILES string of the molecule is CC1CC(NC2CCC(N(C)C(=O)OC(C)(C)C)CC2)CC(C)(C)C1. The Hall–Kier alpha value is -0.770. The van der Waals surface area contributed by atoms with E-state index < -0.39 is 5.60 Å². The number of amides is 1. The molecule has 2 rings (SSSR count). The van der Waals surface area contributed by atoms with Crippen LogP contribution in [0.4, 0.5) is 4.79 Å². The van der Waals surface area contributed by atoms with Gasteiger partial charge in [-0.3, -0.25) is 0 Å². The van der Waals surface area contributed by atoms with Gasteiger partial charge in [0.05, 0.1) is 0 Å². The van der Waals surface area contributed by atoms with E-state index in [1.807, 2.05) is 32.7 Å². The number of nitrogens with one attached hydrogen (secondary N) is 1. The summed E-state index contributed by atoms with van der Waals surface area (Å²) in [6.45, 7) is 13.0. The minimum absolute atomic E-state index is 0.188. The Labute approximate surface area is 155 Å². The van der Waals surface area contributed by atoms with Crippen LogP contribution in [0.15, 0.2) is 0 Å². The highest BCUT2D eigenvalue weighted by Crippen LogP contribution is 2.39. The molecule has 4 nitrogen and oxygen atoms in total. The zero-order chi connectivity index (χ0) is 18.8. The minimum atomic E-state index is -0.422. The fraction of sp³-hybridized carbons (Fsp3) is 0.952. The molecule has 2 aliphatic carbocycles. The van der Waals surface area contributed by atoms with Gasteiger partial charge in [0.1, 0.15) is 5.60 Å². The summed E-state index contributed by atoms with van der Waals surface area (Å²) in [5, 5.41) is 3.94. The molecule has 0 saturated heterocycles. The van der Waals surface area contributed by atoms with E-state index in [2.05, 4.69) is 26.1 Å². The first-order valence-corrected chi connectivity index (χ1v) is 10.2. The third kappa shape index (κ3) is 6.47. The Balaban J connectivity index is 1.78. The molecule has 25 heavy (non-hydrogen) atoms. The van der Waals surface area contributed by atoms with Gasteiger partial charge in [0.2, 0.25) is 0 Å². The summed E-state index contributed by atoms with van der Waals surface area (Å²) in [6.07, 6.45) is 8.20. The monoisotopic (exact) mass is 352 g/mol. The molecule has 146 valence electrons. The predicted octanol–water partition coefficient (Wildman–Crippen LogP) is 4.97. The number of rotatable bonds is 3. The van der Waals surface area contributed by atoms with E-state index >= 15 is 0 Å². The Bertz CT molecular complexity index is 447. The smallest absolute Gasteiger partial charge is 0.410 e. The minimum Gasteiger partial charge on any atom is -0.444 e. The second-order valence-corrected chi connectivity index (χ2v) is 10.4. The van der Waals surface area contributed by atoms with Gasteiger partial charge in [-0.25, -0.2) is 4.79 Å². The van der Waals surface area contributed by atoms with Crippen molar-refractivity contribution >= 4 is 6.09 Å². The van der Waals surface area contributed by atoms with Crippen molar-refractivity contribution in [3.8, 4) is 0 Å². The van der Waals surface area contributed by atoms with Crippen molar-refractivity contribution < 1.29 is 9.53 Å². The van der Waals surface area contributed by atoms with Crippen molar-refractivity contribution in [2.24, 2.45) is 11.3 Å². The van der Waals surface area contributed by atoms with Crippen molar-refractivity contribution in [2.75, 3.05) is 7.05 Å². The van der Waals surface area contributed by atoms with Crippen molar-refractivity contribution in [2.45, 2.75) is 110 Å². The highest BCUT2D eigenvalue weighted by Gasteiger charge is 2.34. The fourth-order valence-electron chi connectivity index (χ4n) is 4.92.